The van der Waals surface area contributed by atoms with Crippen molar-refractivity contribution in [1.29, 1.82) is 0 Å². The Bertz CT molecular complexity index is 1190. The van der Waals surface area contributed by atoms with Gasteiger partial charge in [-0.15, -0.1) is 0 Å². The van der Waals surface area contributed by atoms with Gasteiger partial charge in [0.2, 0.25) is 0 Å². The molecule has 1 N–H and O–H groups in total. The Labute approximate surface area is 186 Å². The first-order chi connectivity index (χ1) is 15.3. The molecule has 1 heteroatoms. The van der Waals surface area contributed by atoms with Crippen molar-refractivity contribution in [3.8, 4) is 22.3 Å². The number of anilines is 2. The molecule has 0 saturated carbocycles. The maximum atomic E-state index is 3.88. The van der Waals surface area contributed by atoms with E-state index in [1.54, 1.807) is 6.08 Å². The molecule has 0 atom stereocenters. The van der Waals surface area contributed by atoms with Crippen LogP contribution in [0.3, 0.4) is 0 Å². The van der Waals surface area contributed by atoms with E-state index in [0.29, 0.717) is 0 Å². The molecule has 4 rings (SSSR count). The third-order valence-corrected chi connectivity index (χ3v) is 5.23. The SMILES string of the molecule is C=C/C=C(\C=C)c1ccc(-c2ccc(Nc3ccc(-c4ccccc4)cc3)cc2)cc1.[HH]. The van der Waals surface area contributed by atoms with E-state index in [4.69, 9.17) is 0 Å². The quantitative estimate of drug-likeness (QED) is 0.305. The lowest BCUT2D eigenvalue weighted by molar-refractivity contribution is 1.53. The second-order valence-corrected chi connectivity index (χ2v) is 7.28. The monoisotopic (exact) mass is 401 g/mol. The molecule has 0 aliphatic rings. The van der Waals surface area contributed by atoms with E-state index < -0.39 is 0 Å². The predicted octanol–water partition coefficient (Wildman–Crippen LogP) is 8.77. The van der Waals surface area contributed by atoms with Crippen LogP contribution in [0.2, 0.25) is 0 Å². The molecule has 0 spiro atoms. The van der Waals surface area contributed by atoms with Crippen molar-refractivity contribution in [2.24, 2.45) is 0 Å². The van der Waals surface area contributed by atoms with Gasteiger partial charge in [0.25, 0.3) is 0 Å². The highest BCUT2D eigenvalue weighted by molar-refractivity contribution is 5.77. The molecule has 1 nitrogen and oxygen atoms in total. The van der Waals surface area contributed by atoms with Gasteiger partial charge in [0.15, 0.2) is 0 Å². The summed E-state index contributed by atoms with van der Waals surface area (Å²) in [5.74, 6) is 0. The van der Waals surface area contributed by atoms with Gasteiger partial charge in [0.1, 0.15) is 0 Å². The van der Waals surface area contributed by atoms with Gasteiger partial charge in [-0.25, -0.2) is 0 Å². The highest BCUT2D eigenvalue weighted by Crippen LogP contribution is 2.27. The molecule has 0 fully saturated rings. The fourth-order valence-electron chi connectivity index (χ4n) is 3.55. The number of allylic oxidation sites excluding steroid dienone is 4. The Morgan fingerprint density at radius 1 is 0.581 bits per heavy atom. The van der Waals surface area contributed by atoms with Crippen molar-refractivity contribution in [1.82, 2.24) is 0 Å². The predicted molar refractivity (Wildman–Crippen MR) is 138 cm³/mol. The van der Waals surface area contributed by atoms with E-state index in [1.165, 1.54) is 22.3 Å². The molecule has 0 radical (unpaired) electrons. The average Bonchev–Trinajstić information content (AvgIpc) is 2.84. The molecular formula is C30H27N. The van der Waals surface area contributed by atoms with E-state index in [9.17, 15) is 0 Å². The summed E-state index contributed by atoms with van der Waals surface area (Å²) >= 11 is 0. The van der Waals surface area contributed by atoms with Crippen LogP contribution < -0.4 is 5.32 Å². The Morgan fingerprint density at radius 2 is 1.03 bits per heavy atom. The summed E-state index contributed by atoms with van der Waals surface area (Å²) in [6.07, 6.45) is 5.60. The van der Waals surface area contributed by atoms with Gasteiger partial charge >= 0.3 is 0 Å². The molecule has 0 aliphatic heterocycles. The molecule has 0 bridgehead atoms. The van der Waals surface area contributed by atoms with E-state index in [0.717, 1.165) is 22.5 Å². The molecule has 0 amide bonds. The minimum Gasteiger partial charge on any atom is -0.356 e. The number of rotatable bonds is 7. The van der Waals surface area contributed by atoms with Crippen LogP contribution in [-0.4, -0.2) is 0 Å². The molecule has 0 saturated heterocycles. The van der Waals surface area contributed by atoms with Gasteiger partial charge in [0.05, 0.1) is 0 Å². The molecule has 0 heterocycles. The second kappa shape index (κ2) is 9.60. The van der Waals surface area contributed by atoms with Gasteiger partial charge < -0.3 is 5.32 Å². The topological polar surface area (TPSA) is 12.0 Å². The van der Waals surface area contributed by atoms with E-state index in [1.807, 2.05) is 18.2 Å². The third kappa shape index (κ3) is 4.91. The zero-order chi connectivity index (χ0) is 21.5. The zero-order valence-electron chi connectivity index (χ0n) is 17.5. The molecule has 0 aliphatic carbocycles. The summed E-state index contributed by atoms with van der Waals surface area (Å²) in [4.78, 5) is 0. The Kier molecular flexibility index (Phi) is 6.25. The van der Waals surface area contributed by atoms with Gasteiger partial charge in [-0.05, 0) is 57.7 Å². The van der Waals surface area contributed by atoms with Crippen LogP contribution in [0.4, 0.5) is 11.4 Å². The van der Waals surface area contributed by atoms with Gasteiger partial charge in [-0.2, -0.15) is 0 Å². The minimum absolute atomic E-state index is 0. The van der Waals surface area contributed by atoms with Crippen LogP contribution in [0.15, 0.2) is 135 Å². The number of hydrogen-bond donors (Lipinski definition) is 1. The second-order valence-electron chi connectivity index (χ2n) is 7.28. The average molecular weight is 402 g/mol. The van der Waals surface area contributed by atoms with Gasteiger partial charge in [-0.3, -0.25) is 0 Å². The van der Waals surface area contributed by atoms with Crippen LogP contribution in [0.25, 0.3) is 27.8 Å². The number of benzene rings is 4. The summed E-state index contributed by atoms with van der Waals surface area (Å²) < 4.78 is 0. The minimum atomic E-state index is 0. The Balaban J connectivity index is 0.00000289. The molecule has 31 heavy (non-hydrogen) atoms. The maximum Gasteiger partial charge on any atom is 0.0384 e. The van der Waals surface area contributed by atoms with Crippen LogP contribution in [0.5, 0.6) is 0 Å². The third-order valence-electron chi connectivity index (χ3n) is 5.23. The van der Waals surface area contributed by atoms with Crippen molar-refractivity contribution >= 4 is 16.9 Å². The molecule has 4 aromatic rings. The molecule has 152 valence electrons. The maximum absolute atomic E-state index is 3.88. The standard InChI is InChI=1S/C30H25N.H2/c1-3-8-23(4-2)25-11-13-26(14-12-25)28-17-21-30(22-18-28)31-29-19-15-27(16-20-29)24-9-6-5-7-10-24;/h3-22,31H,1-2H2;1H/b23-8+;. The fraction of sp³-hybridized carbons (Fsp3) is 0. The summed E-state index contributed by atoms with van der Waals surface area (Å²) in [5, 5.41) is 3.48. The van der Waals surface area contributed by atoms with Crippen LogP contribution in [0, 0.1) is 0 Å². The summed E-state index contributed by atoms with van der Waals surface area (Å²) in [6.45, 7) is 7.64. The van der Waals surface area contributed by atoms with Gasteiger partial charge in [-0.1, -0.05) is 110 Å². The first kappa shape index (κ1) is 20.2. The van der Waals surface area contributed by atoms with Crippen molar-refractivity contribution in [2.75, 3.05) is 5.32 Å². The highest BCUT2D eigenvalue weighted by atomic mass is 14.9. The Morgan fingerprint density at radius 3 is 1.48 bits per heavy atom. The van der Waals surface area contributed by atoms with Crippen LogP contribution in [0.1, 0.15) is 6.99 Å². The lowest BCUT2D eigenvalue weighted by Gasteiger charge is -2.10. The smallest absolute Gasteiger partial charge is 0.0384 e. The first-order valence-electron chi connectivity index (χ1n) is 10.4. The van der Waals surface area contributed by atoms with Crippen molar-refractivity contribution in [3.05, 3.63) is 140 Å². The van der Waals surface area contributed by atoms with Crippen molar-refractivity contribution in [2.45, 2.75) is 0 Å². The van der Waals surface area contributed by atoms with Crippen molar-refractivity contribution < 1.29 is 1.43 Å². The molecule has 0 aromatic heterocycles. The Hall–Kier alpha value is -4.10. The lowest BCUT2D eigenvalue weighted by atomic mass is 10.00. The normalized spacial score (nSPS) is 11.0. The van der Waals surface area contributed by atoms with Crippen LogP contribution in [-0.2, 0) is 0 Å². The number of nitrogens with one attached hydrogen (secondary N) is 1. The summed E-state index contributed by atoms with van der Waals surface area (Å²) in [5.41, 5.74) is 9.15. The zero-order valence-corrected chi connectivity index (χ0v) is 17.5. The molecule has 0 unspecified atom stereocenters. The van der Waals surface area contributed by atoms with E-state index >= 15 is 0 Å². The fourth-order valence-corrected chi connectivity index (χ4v) is 3.55. The van der Waals surface area contributed by atoms with Crippen LogP contribution >= 0.6 is 0 Å². The highest BCUT2D eigenvalue weighted by Gasteiger charge is 2.02. The lowest BCUT2D eigenvalue weighted by Crippen LogP contribution is -1.90. The van der Waals surface area contributed by atoms with E-state index in [-0.39, 0.29) is 1.43 Å². The summed E-state index contributed by atoms with van der Waals surface area (Å²) in [6, 6.07) is 36.0. The van der Waals surface area contributed by atoms with Gasteiger partial charge in [0, 0.05) is 12.8 Å². The first-order valence-corrected chi connectivity index (χ1v) is 10.4. The molecule has 4 aromatic carbocycles. The number of hydrogen-bond acceptors (Lipinski definition) is 1. The molecular weight excluding hydrogens is 374 g/mol. The van der Waals surface area contributed by atoms with E-state index in [2.05, 4.69) is 116 Å². The van der Waals surface area contributed by atoms with Crippen molar-refractivity contribution in [3.63, 3.8) is 0 Å². The largest absolute Gasteiger partial charge is 0.356 e. The summed E-state index contributed by atoms with van der Waals surface area (Å²) in [7, 11) is 0.